The minimum absolute atomic E-state index is 0.198. The molecule has 1 rings (SSSR count). The third kappa shape index (κ3) is 4.67. The maximum absolute atomic E-state index is 11.7. The number of hydrogen-bond donors (Lipinski definition) is 1. The highest BCUT2D eigenvalue weighted by Gasteiger charge is 2.06. The van der Waals surface area contributed by atoms with Crippen LogP contribution in [0.4, 0.5) is 0 Å². The summed E-state index contributed by atoms with van der Waals surface area (Å²) in [4.78, 5) is 13.6. The molecular formula is C14H18N2OS. The number of thiocarbonyl (C=S) groups is 1. The van der Waals surface area contributed by atoms with E-state index >= 15 is 0 Å². The Bertz CT molecular complexity index is 425. The summed E-state index contributed by atoms with van der Waals surface area (Å²) in [7, 11) is 0. The molecule has 0 bridgehead atoms. The van der Waals surface area contributed by atoms with Crippen LogP contribution in [0.25, 0.3) is 6.08 Å². The Hall–Kier alpha value is -1.68. The van der Waals surface area contributed by atoms with Crippen molar-refractivity contribution < 1.29 is 4.79 Å². The van der Waals surface area contributed by atoms with E-state index in [-0.39, 0.29) is 5.91 Å². The molecule has 1 N–H and O–H groups in total. The number of rotatable bonds is 4. The average Bonchev–Trinajstić information content (AvgIpc) is 2.39. The van der Waals surface area contributed by atoms with E-state index in [1.54, 1.807) is 6.08 Å². The van der Waals surface area contributed by atoms with Gasteiger partial charge >= 0.3 is 0 Å². The number of amides is 1. The third-order valence-corrected chi connectivity index (χ3v) is 2.87. The Morgan fingerprint density at radius 3 is 2.44 bits per heavy atom. The van der Waals surface area contributed by atoms with Crippen molar-refractivity contribution in [3.63, 3.8) is 0 Å². The molecule has 4 heteroatoms. The minimum atomic E-state index is -0.198. The van der Waals surface area contributed by atoms with Crippen molar-refractivity contribution in [2.45, 2.75) is 13.8 Å². The lowest BCUT2D eigenvalue weighted by Crippen LogP contribution is -2.41. The fourth-order valence-corrected chi connectivity index (χ4v) is 1.83. The number of carbonyl (C=O) groups is 1. The molecule has 0 saturated carbocycles. The zero-order chi connectivity index (χ0) is 13.4. The van der Waals surface area contributed by atoms with Crippen LogP contribution in [-0.2, 0) is 4.79 Å². The SMILES string of the molecule is CCN(CC)C(=S)NC(=O)/C=C/c1ccccc1. The van der Waals surface area contributed by atoms with Crippen LogP contribution in [0.3, 0.4) is 0 Å². The van der Waals surface area contributed by atoms with Crippen LogP contribution in [0.1, 0.15) is 19.4 Å². The van der Waals surface area contributed by atoms with E-state index in [9.17, 15) is 4.79 Å². The fraction of sp³-hybridized carbons (Fsp3) is 0.286. The first kappa shape index (κ1) is 14.4. The summed E-state index contributed by atoms with van der Waals surface area (Å²) < 4.78 is 0. The Morgan fingerprint density at radius 1 is 1.28 bits per heavy atom. The van der Waals surface area contributed by atoms with E-state index in [0.29, 0.717) is 5.11 Å². The molecule has 0 aliphatic carbocycles. The molecule has 0 aromatic heterocycles. The number of nitrogens with one attached hydrogen (secondary N) is 1. The van der Waals surface area contributed by atoms with Gasteiger partial charge in [-0.15, -0.1) is 0 Å². The van der Waals surface area contributed by atoms with Crippen LogP contribution in [0.2, 0.25) is 0 Å². The molecule has 0 unspecified atom stereocenters. The lowest BCUT2D eigenvalue weighted by molar-refractivity contribution is -0.115. The van der Waals surface area contributed by atoms with Gasteiger partial charge in [-0.25, -0.2) is 0 Å². The number of carbonyl (C=O) groups excluding carboxylic acids is 1. The van der Waals surface area contributed by atoms with Crippen molar-refractivity contribution in [3.8, 4) is 0 Å². The van der Waals surface area contributed by atoms with E-state index in [1.807, 2.05) is 49.1 Å². The molecule has 96 valence electrons. The topological polar surface area (TPSA) is 32.3 Å². The van der Waals surface area contributed by atoms with Crippen LogP contribution < -0.4 is 5.32 Å². The van der Waals surface area contributed by atoms with Gasteiger partial charge in [0.2, 0.25) is 5.91 Å². The van der Waals surface area contributed by atoms with Crippen molar-refractivity contribution in [3.05, 3.63) is 42.0 Å². The predicted octanol–water partition coefficient (Wildman–Crippen LogP) is 2.44. The van der Waals surface area contributed by atoms with Crippen molar-refractivity contribution in [1.29, 1.82) is 0 Å². The molecular weight excluding hydrogens is 244 g/mol. The largest absolute Gasteiger partial charge is 0.350 e. The summed E-state index contributed by atoms with van der Waals surface area (Å²) in [6.07, 6.45) is 3.26. The third-order valence-electron chi connectivity index (χ3n) is 2.51. The van der Waals surface area contributed by atoms with Gasteiger partial charge in [-0.05, 0) is 37.7 Å². The second-order valence-electron chi connectivity index (χ2n) is 3.71. The summed E-state index contributed by atoms with van der Waals surface area (Å²) in [6.45, 7) is 5.58. The highest BCUT2D eigenvalue weighted by Crippen LogP contribution is 2.00. The molecule has 0 aliphatic rings. The molecule has 1 amide bonds. The second-order valence-corrected chi connectivity index (χ2v) is 4.10. The number of benzene rings is 1. The molecule has 18 heavy (non-hydrogen) atoms. The molecule has 0 radical (unpaired) electrons. The first-order valence-corrected chi connectivity index (χ1v) is 6.41. The monoisotopic (exact) mass is 262 g/mol. The molecule has 0 atom stereocenters. The number of nitrogens with zero attached hydrogens (tertiary/aromatic N) is 1. The fourth-order valence-electron chi connectivity index (χ4n) is 1.47. The van der Waals surface area contributed by atoms with E-state index in [0.717, 1.165) is 18.7 Å². The van der Waals surface area contributed by atoms with Crippen LogP contribution >= 0.6 is 12.2 Å². The van der Waals surface area contributed by atoms with Gasteiger partial charge in [-0.3, -0.25) is 10.1 Å². The van der Waals surface area contributed by atoms with Gasteiger partial charge < -0.3 is 4.90 Å². The molecule has 0 aliphatic heterocycles. The van der Waals surface area contributed by atoms with Crippen molar-refractivity contribution in [2.75, 3.05) is 13.1 Å². The van der Waals surface area contributed by atoms with Crippen molar-refractivity contribution >= 4 is 29.3 Å². The van der Waals surface area contributed by atoms with Crippen molar-refractivity contribution in [2.24, 2.45) is 0 Å². The van der Waals surface area contributed by atoms with Gasteiger partial charge in [0.05, 0.1) is 0 Å². The number of hydrogen-bond acceptors (Lipinski definition) is 2. The molecule has 1 aromatic rings. The van der Waals surface area contributed by atoms with Gasteiger partial charge in [0.1, 0.15) is 0 Å². The predicted molar refractivity (Wildman–Crippen MR) is 79.1 cm³/mol. The van der Waals surface area contributed by atoms with E-state index < -0.39 is 0 Å². The zero-order valence-corrected chi connectivity index (χ0v) is 11.5. The standard InChI is InChI=1S/C14H18N2OS/c1-3-16(4-2)14(18)15-13(17)11-10-12-8-6-5-7-9-12/h5-11H,3-4H2,1-2H3,(H,15,17,18)/b11-10+. The van der Waals surface area contributed by atoms with Crippen molar-refractivity contribution in [1.82, 2.24) is 10.2 Å². The highest BCUT2D eigenvalue weighted by atomic mass is 32.1. The summed E-state index contributed by atoms with van der Waals surface area (Å²) in [5.74, 6) is -0.198. The minimum Gasteiger partial charge on any atom is -0.350 e. The van der Waals surface area contributed by atoms with E-state index in [2.05, 4.69) is 5.32 Å². The molecule has 3 nitrogen and oxygen atoms in total. The lowest BCUT2D eigenvalue weighted by atomic mass is 10.2. The van der Waals surface area contributed by atoms with Gasteiger partial charge in [0, 0.05) is 19.2 Å². The Kier molecular flexibility index (Phi) is 6.08. The van der Waals surface area contributed by atoms with Gasteiger partial charge in [-0.2, -0.15) is 0 Å². The Balaban J connectivity index is 2.52. The molecule has 0 fully saturated rings. The molecule has 0 heterocycles. The molecule has 0 spiro atoms. The van der Waals surface area contributed by atoms with Crippen LogP contribution in [0, 0.1) is 0 Å². The first-order valence-electron chi connectivity index (χ1n) is 6.00. The first-order chi connectivity index (χ1) is 8.67. The smallest absolute Gasteiger partial charge is 0.250 e. The average molecular weight is 262 g/mol. The molecule has 0 saturated heterocycles. The van der Waals surface area contributed by atoms with Crippen LogP contribution in [0.5, 0.6) is 0 Å². The summed E-state index contributed by atoms with van der Waals surface area (Å²) >= 11 is 5.14. The van der Waals surface area contributed by atoms with Gasteiger partial charge in [0.25, 0.3) is 0 Å². The summed E-state index contributed by atoms with van der Waals surface area (Å²) in [6, 6.07) is 9.67. The lowest BCUT2D eigenvalue weighted by Gasteiger charge is -2.21. The quantitative estimate of drug-likeness (QED) is 0.668. The van der Waals surface area contributed by atoms with Crippen LogP contribution in [0.15, 0.2) is 36.4 Å². The van der Waals surface area contributed by atoms with Gasteiger partial charge in [-0.1, -0.05) is 30.3 Å². The Labute approximate surface area is 113 Å². The Morgan fingerprint density at radius 2 is 1.89 bits per heavy atom. The van der Waals surface area contributed by atoms with E-state index in [4.69, 9.17) is 12.2 Å². The normalized spacial score (nSPS) is 10.3. The zero-order valence-electron chi connectivity index (χ0n) is 10.7. The van der Waals surface area contributed by atoms with Gasteiger partial charge in [0.15, 0.2) is 5.11 Å². The van der Waals surface area contributed by atoms with Crippen LogP contribution in [-0.4, -0.2) is 29.0 Å². The maximum atomic E-state index is 11.7. The molecule has 1 aromatic carbocycles. The summed E-state index contributed by atoms with van der Waals surface area (Å²) in [5.41, 5.74) is 0.987. The second kappa shape index (κ2) is 7.61. The summed E-state index contributed by atoms with van der Waals surface area (Å²) in [5, 5.41) is 3.16. The van der Waals surface area contributed by atoms with E-state index in [1.165, 1.54) is 6.08 Å². The maximum Gasteiger partial charge on any atom is 0.250 e. The highest BCUT2D eigenvalue weighted by molar-refractivity contribution is 7.80.